The van der Waals surface area contributed by atoms with Crippen molar-refractivity contribution in [3.8, 4) is 0 Å². The standard InChI is InChI=1S/C18H28N4O2S/c1-11(2)19-18(24)22-8-6-13(7-9-22)16(23)21-17-20-14-5-4-12(3)10-15(14)25-17/h11-13H,4-10H2,1-3H3,(H,19,24)(H,20,21,23). The second kappa shape index (κ2) is 7.72. The summed E-state index contributed by atoms with van der Waals surface area (Å²) in [7, 11) is 0. The summed E-state index contributed by atoms with van der Waals surface area (Å²) in [6, 6.07) is 0.0998. The smallest absolute Gasteiger partial charge is 0.317 e. The van der Waals surface area contributed by atoms with Crippen LogP contribution >= 0.6 is 11.3 Å². The van der Waals surface area contributed by atoms with Gasteiger partial charge in [0.05, 0.1) is 5.69 Å². The summed E-state index contributed by atoms with van der Waals surface area (Å²) in [6.07, 6.45) is 4.69. The van der Waals surface area contributed by atoms with Crippen molar-refractivity contribution in [2.45, 2.75) is 58.9 Å². The lowest BCUT2D eigenvalue weighted by molar-refractivity contribution is -0.121. The first kappa shape index (κ1) is 18.2. The van der Waals surface area contributed by atoms with Gasteiger partial charge in [-0.1, -0.05) is 6.92 Å². The van der Waals surface area contributed by atoms with E-state index < -0.39 is 0 Å². The van der Waals surface area contributed by atoms with Crippen LogP contribution < -0.4 is 10.6 Å². The van der Waals surface area contributed by atoms with Crippen molar-refractivity contribution in [2.75, 3.05) is 18.4 Å². The Hall–Kier alpha value is -1.63. The van der Waals surface area contributed by atoms with Crippen molar-refractivity contribution >= 4 is 28.4 Å². The number of hydrogen-bond acceptors (Lipinski definition) is 4. The molecule has 138 valence electrons. The van der Waals surface area contributed by atoms with E-state index >= 15 is 0 Å². The minimum atomic E-state index is -0.0389. The maximum Gasteiger partial charge on any atom is 0.317 e. The van der Waals surface area contributed by atoms with Gasteiger partial charge in [0.1, 0.15) is 0 Å². The Bertz CT molecular complexity index is 635. The minimum Gasteiger partial charge on any atom is -0.336 e. The van der Waals surface area contributed by atoms with Crippen molar-refractivity contribution < 1.29 is 9.59 Å². The zero-order valence-electron chi connectivity index (χ0n) is 15.3. The summed E-state index contributed by atoms with van der Waals surface area (Å²) in [6.45, 7) is 7.42. The number of piperidine rings is 1. The van der Waals surface area contributed by atoms with Gasteiger partial charge in [-0.2, -0.15) is 0 Å². The molecule has 2 aliphatic rings. The average molecular weight is 365 g/mol. The summed E-state index contributed by atoms with van der Waals surface area (Å²) in [5.41, 5.74) is 1.17. The van der Waals surface area contributed by atoms with Gasteiger partial charge in [0.15, 0.2) is 5.13 Å². The molecule has 6 nitrogen and oxygen atoms in total. The molecule has 1 aromatic rings. The molecule has 0 aromatic carbocycles. The van der Waals surface area contributed by atoms with Crippen molar-refractivity contribution in [1.82, 2.24) is 15.2 Å². The molecule has 1 aromatic heterocycles. The SMILES string of the molecule is CC1CCc2nc(NC(=O)C3CCN(C(=O)NC(C)C)CC3)sc2C1. The molecule has 3 rings (SSSR count). The molecule has 2 heterocycles. The van der Waals surface area contributed by atoms with Crippen LogP contribution in [-0.4, -0.2) is 41.0 Å². The number of carbonyl (C=O) groups is 2. The predicted octanol–water partition coefficient (Wildman–Crippen LogP) is 3.04. The fraction of sp³-hybridized carbons (Fsp3) is 0.722. The van der Waals surface area contributed by atoms with E-state index in [0.717, 1.165) is 18.0 Å². The number of nitrogens with one attached hydrogen (secondary N) is 2. The minimum absolute atomic E-state index is 0.0319. The Morgan fingerprint density at radius 1 is 1.24 bits per heavy atom. The third-order valence-corrected chi connectivity index (χ3v) is 6.02. The number of thiazole rings is 1. The molecule has 1 fully saturated rings. The first-order valence-corrected chi connectivity index (χ1v) is 10.1. The van der Waals surface area contributed by atoms with Gasteiger partial charge in [-0.15, -0.1) is 11.3 Å². The van der Waals surface area contributed by atoms with Gasteiger partial charge >= 0.3 is 6.03 Å². The van der Waals surface area contributed by atoms with E-state index in [2.05, 4.69) is 22.5 Å². The largest absolute Gasteiger partial charge is 0.336 e. The fourth-order valence-electron chi connectivity index (χ4n) is 3.48. The number of urea groups is 1. The van der Waals surface area contributed by atoms with Crippen LogP contribution in [0.2, 0.25) is 0 Å². The van der Waals surface area contributed by atoms with Gasteiger partial charge in [-0.25, -0.2) is 9.78 Å². The quantitative estimate of drug-likeness (QED) is 0.866. The molecule has 0 spiro atoms. The van der Waals surface area contributed by atoms with Crippen LogP contribution in [0.5, 0.6) is 0 Å². The Morgan fingerprint density at radius 2 is 1.96 bits per heavy atom. The molecule has 7 heteroatoms. The van der Waals surface area contributed by atoms with E-state index in [0.29, 0.717) is 31.8 Å². The topological polar surface area (TPSA) is 74.3 Å². The summed E-state index contributed by atoms with van der Waals surface area (Å²) in [5, 5.41) is 6.66. The van der Waals surface area contributed by atoms with Gasteiger partial charge in [-0.05, 0) is 51.9 Å². The maximum atomic E-state index is 12.5. The van der Waals surface area contributed by atoms with Crippen LogP contribution in [0, 0.1) is 11.8 Å². The highest BCUT2D eigenvalue weighted by atomic mass is 32.1. The Balaban J connectivity index is 1.51. The van der Waals surface area contributed by atoms with E-state index in [-0.39, 0.29) is 23.9 Å². The first-order chi connectivity index (χ1) is 11.9. The lowest BCUT2D eigenvalue weighted by Gasteiger charge is -2.31. The van der Waals surface area contributed by atoms with E-state index in [9.17, 15) is 9.59 Å². The summed E-state index contributed by atoms with van der Waals surface area (Å²) < 4.78 is 0. The molecule has 0 saturated carbocycles. The summed E-state index contributed by atoms with van der Waals surface area (Å²) in [4.78, 5) is 32.3. The number of carbonyl (C=O) groups excluding carboxylic acids is 2. The number of likely N-dealkylation sites (tertiary alicyclic amines) is 1. The lowest BCUT2D eigenvalue weighted by Crippen LogP contribution is -2.47. The molecule has 1 aliphatic carbocycles. The maximum absolute atomic E-state index is 12.5. The monoisotopic (exact) mass is 364 g/mol. The van der Waals surface area contributed by atoms with Crippen molar-refractivity contribution in [1.29, 1.82) is 0 Å². The summed E-state index contributed by atoms with van der Waals surface area (Å²) in [5.74, 6) is 0.712. The van der Waals surface area contributed by atoms with Crippen LogP contribution in [0.15, 0.2) is 0 Å². The summed E-state index contributed by atoms with van der Waals surface area (Å²) >= 11 is 1.63. The molecular formula is C18H28N4O2S. The number of fused-ring (bicyclic) bond motifs is 1. The third kappa shape index (κ3) is 4.51. The molecule has 2 N–H and O–H groups in total. The Labute approximate surface area is 153 Å². The van der Waals surface area contributed by atoms with Crippen LogP contribution in [0.3, 0.4) is 0 Å². The molecule has 1 unspecified atom stereocenters. The highest BCUT2D eigenvalue weighted by Crippen LogP contribution is 2.32. The number of amides is 3. The number of hydrogen-bond donors (Lipinski definition) is 2. The van der Waals surface area contributed by atoms with Crippen LogP contribution in [0.4, 0.5) is 9.93 Å². The average Bonchev–Trinajstić information content (AvgIpc) is 2.95. The Kier molecular flexibility index (Phi) is 5.61. The molecule has 0 radical (unpaired) electrons. The zero-order chi connectivity index (χ0) is 18.0. The Morgan fingerprint density at radius 3 is 2.64 bits per heavy atom. The van der Waals surface area contributed by atoms with E-state index in [4.69, 9.17) is 0 Å². The van der Waals surface area contributed by atoms with Crippen molar-refractivity contribution in [3.05, 3.63) is 10.6 Å². The van der Waals surface area contributed by atoms with Gasteiger partial charge in [-0.3, -0.25) is 4.79 Å². The number of nitrogens with zero attached hydrogens (tertiary/aromatic N) is 2. The second-order valence-corrected chi connectivity index (χ2v) is 8.68. The van der Waals surface area contributed by atoms with Gasteiger partial charge in [0.2, 0.25) is 5.91 Å². The van der Waals surface area contributed by atoms with E-state index in [1.165, 1.54) is 17.0 Å². The first-order valence-electron chi connectivity index (χ1n) is 9.27. The van der Waals surface area contributed by atoms with Gasteiger partial charge in [0.25, 0.3) is 0 Å². The zero-order valence-corrected chi connectivity index (χ0v) is 16.1. The van der Waals surface area contributed by atoms with E-state index in [1.807, 2.05) is 13.8 Å². The fourth-order valence-corrected chi connectivity index (χ4v) is 4.66. The van der Waals surface area contributed by atoms with Gasteiger partial charge < -0.3 is 15.5 Å². The number of aryl methyl sites for hydroxylation is 1. The van der Waals surface area contributed by atoms with Crippen LogP contribution in [-0.2, 0) is 17.6 Å². The highest BCUT2D eigenvalue weighted by molar-refractivity contribution is 7.15. The number of anilines is 1. The van der Waals surface area contributed by atoms with Crippen molar-refractivity contribution in [3.63, 3.8) is 0 Å². The molecule has 1 atom stereocenters. The molecule has 1 aliphatic heterocycles. The number of rotatable bonds is 3. The predicted molar refractivity (Wildman–Crippen MR) is 99.9 cm³/mol. The normalized spacial score (nSPS) is 21.1. The third-order valence-electron chi connectivity index (χ3n) is 4.98. The van der Waals surface area contributed by atoms with E-state index in [1.54, 1.807) is 16.2 Å². The van der Waals surface area contributed by atoms with Crippen LogP contribution in [0.1, 0.15) is 50.6 Å². The molecular weight excluding hydrogens is 336 g/mol. The molecule has 3 amide bonds. The number of aromatic nitrogens is 1. The molecule has 1 saturated heterocycles. The molecule has 0 bridgehead atoms. The lowest BCUT2D eigenvalue weighted by atomic mass is 9.93. The highest BCUT2D eigenvalue weighted by Gasteiger charge is 2.28. The van der Waals surface area contributed by atoms with Crippen LogP contribution in [0.25, 0.3) is 0 Å². The van der Waals surface area contributed by atoms with Crippen molar-refractivity contribution in [2.24, 2.45) is 11.8 Å². The van der Waals surface area contributed by atoms with Gasteiger partial charge in [0, 0.05) is 29.9 Å². The second-order valence-electron chi connectivity index (χ2n) is 7.59. The molecule has 25 heavy (non-hydrogen) atoms.